The largest absolute Gasteiger partial charge is 0.573 e. The number of rotatable bonds is 2. The first-order valence-electron chi connectivity index (χ1n) is 8.98. The number of halogens is 3. The molecule has 1 aromatic rings. The molecule has 3 rings (SSSR count). The van der Waals surface area contributed by atoms with Gasteiger partial charge in [-0.1, -0.05) is 20.8 Å². The number of amides is 2. The summed E-state index contributed by atoms with van der Waals surface area (Å²) in [7, 11) is 0. The molecule has 0 bridgehead atoms. The van der Waals surface area contributed by atoms with E-state index in [0.717, 1.165) is 25.0 Å². The van der Waals surface area contributed by atoms with E-state index in [1.807, 2.05) is 0 Å². The Balaban J connectivity index is 1.75. The molecule has 1 aromatic carbocycles. The Morgan fingerprint density at radius 1 is 1.15 bits per heavy atom. The van der Waals surface area contributed by atoms with Gasteiger partial charge in [-0.05, 0) is 61.3 Å². The Labute approximate surface area is 156 Å². The van der Waals surface area contributed by atoms with Crippen LogP contribution >= 0.6 is 0 Å². The number of nitrogens with zero attached hydrogens (tertiary/aromatic N) is 1. The Morgan fingerprint density at radius 2 is 1.70 bits per heavy atom. The SMILES string of the molecule is CC(C)(C)C1CCC2(CC1)NC(=O)N(c1ccc(OC(F)(F)F)cc1)C2=N. The van der Waals surface area contributed by atoms with Gasteiger partial charge in [-0.2, -0.15) is 0 Å². The molecule has 0 radical (unpaired) electrons. The molecule has 2 aliphatic rings. The van der Waals surface area contributed by atoms with Crippen LogP contribution in [0.2, 0.25) is 0 Å². The van der Waals surface area contributed by atoms with Gasteiger partial charge in [0, 0.05) is 0 Å². The molecule has 1 saturated carbocycles. The third kappa shape index (κ3) is 3.89. The van der Waals surface area contributed by atoms with E-state index < -0.39 is 17.9 Å². The third-order valence-electron chi connectivity index (χ3n) is 5.62. The molecule has 5 nitrogen and oxygen atoms in total. The number of alkyl halides is 3. The predicted molar refractivity (Wildman–Crippen MR) is 96.0 cm³/mol. The summed E-state index contributed by atoms with van der Waals surface area (Å²) in [6.45, 7) is 6.60. The van der Waals surface area contributed by atoms with Crippen LogP contribution in [0.5, 0.6) is 5.75 Å². The zero-order valence-electron chi connectivity index (χ0n) is 15.6. The van der Waals surface area contributed by atoms with E-state index >= 15 is 0 Å². The first kappa shape index (κ1) is 19.5. The highest BCUT2D eigenvalue weighted by Gasteiger charge is 2.51. The smallest absolute Gasteiger partial charge is 0.406 e. The van der Waals surface area contributed by atoms with Gasteiger partial charge in [0.1, 0.15) is 11.6 Å². The molecule has 8 heteroatoms. The van der Waals surface area contributed by atoms with Crippen molar-refractivity contribution in [3.63, 3.8) is 0 Å². The molecule has 0 aromatic heterocycles. The molecule has 1 heterocycles. The molecule has 1 aliphatic carbocycles. The van der Waals surface area contributed by atoms with Gasteiger partial charge in [0.2, 0.25) is 0 Å². The first-order valence-corrected chi connectivity index (χ1v) is 8.98. The topological polar surface area (TPSA) is 65.4 Å². The molecule has 2 N–H and O–H groups in total. The summed E-state index contributed by atoms with van der Waals surface area (Å²) in [6, 6.07) is 4.58. The average Bonchev–Trinajstić information content (AvgIpc) is 2.77. The minimum Gasteiger partial charge on any atom is -0.406 e. The van der Waals surface area contributed by atoms with Crippen LogP contribution in [0.15, 0.2) is 24.3 Å². The molecule has 1 aliphatic heterocycles. The number of carbonyl (C=O) groups excluding carboxylic acids is 1. The highest BCUT2D eigenvalue weighted by atomic mass is 19.4. The number of ether oxygens (including phenoxy) is 1. The van der Waals surface area contributed by atoms with Crippen LogP contribution in [-0.2, 0) is 0 Å². The number of nitrogens with one attached hydrogen (secondary N) is 2. The van der Waals surface area contributed by atoms with Gasteiger partial charge < -0.3 is 10.1 Å². The van der Waals surface area contributed by atoms with E-state index in [-0.39, 0.29) is 17.0 Å². The number of benzene rings is 1. The van der Waals surface area contributed by atoms with Crippen LogP contribution in [0.4, 0.5) is 23.7 Å². The lowest BCUT2D eigenvalue weighted by Gasteiger charge is -2.41. The summed E-state index contributed by atoms with van der Waals surface area (Å²) in [4.78, 5) is 13.7. The van der Waals surface area contributed by atoms with E-state index in [0.29, 0.717) is 24.4 Å². The maximum absolute atomic E-state index is 12.5. The van der Waals surface area contributed by atoms with Gasteiger partial charge in [0.25, 0.3) is 0 Å². The number of hydrogen-bond acceptors (Lipinski definition) is 3. The fourth-order valence-electron chi connectivity index (χ4n) is 4.02. The summed E-state index contributed by atoms with van der Waals surface area (Å²) in [6.07, 6.45) is -1.57. The maximum atomic E-state index is 12.5. The number of urea groups is 1. The molecule has 2 amide bonds. The monoisotopic (exact) mass is 383 g/mol. The molecule has 1 saturated heterocycles. The Hall–Kier alpha value is -2.25. The van der Waals surface area contributed by atoms with Gasteiger partial charge in [-0.25, -0.2) is 9.69 Å². The van der Waals surface area contributed by atoms with Crippen LogP contribution in [-0.4, -0.2) is 23.8 Å². The zero-order valence-corrected chi connectivity index (χ0v) is 15.6. The van der Waals surface area contributed by atoms with Crippen LogP contribution in [0.1, 0.15) is 46.5 Å². The minimum absolute atomic E-state index is 0.157. The maximum Gasteiger partial charge on any atom is 0.573 e. The fourth-order valence-corrected chi connectivity index (χ4v) is 4.02. The van der Waals surface area contributed by atoms with E-state index in [4.69, 9.17) is 5.41 Å². The second-order valence-corrected chi connectivity index (χ2v) is 8.38. The molecular weight excluding hydrogens is 359 g/mol. The van der Waals surface area contributed by atoms with E-state index in [2.05, 4.69) is 30.8 Å². The number of amidine groups is 1. The highest BCUT2D eigenvalue weighted by Crippen LogP contribution is 2.44. The average molecular weight is 383 g/mol. The van der Waals surface area contributed by atoms with Crippen molar-refractivity contribution >= 4 is 17.6 Å². The van der Waals surface area contributed by atoms with E-state index in [1.54, 1.807) is 0 Å². The number of anilines is 1. The summed E-state index contributed by atoms with van der Waals surface area (Å²) in [5.74, 6) is 0.322. The van der Waals surface area contributed by atoms with Gasteiger partial charge in [-0.15, -0.1) is 13.2 Å². The summed E-state index contributed by atoms with van der Waals surface area (Å²) >= 11 is 0. The van der Waals surface area contributed by atoms with Gasteiger partial charge in [0.15, 0.2) is 0 Å². The third-order valence-corrected chi connectivity index (χ3v) is 5.62. The highest BCUT2D eigenvalue weighted by molar-refractivity contribution is 6.24. The second-order valence-electron chi connectivity index (χ2n) is 8.38. The van der Waals surface area contributed by atoms with Crippen molar-refractivity contribution in [2.75, 3.05) is 4.90 Å². The van der Waals surface area contributed by atoms with Crippen molar-refractivity contribution in [1.29, 1.82) is 5.41 Å². The lowest BCUT2D eigenvalue weighted by molar-refractivity contribution is -0.274. The summed E-state index contributed by atoms with van der Waals surface area (Å²) in [5, 5.41) is 11.5. The standard InChI is InChI=1S/C19H24F3N3O2/c1-17(2,3)12-8-10-18(11-9-12)15(23)25(16(26)24-18)13-4-6-14(7-5-13)27-19(20,21)22/h4-7,12,23H,8-11H2,1-3H3,(H,24,26). The second kappa shape index (κ2) is 6.42. The molecule has 0 unspecified atom stereocenters. The number of carbonyl (C=O) groups is 1. The summed E-state index contributed by atoms with van der Waals surface area (Å²) in [5.41, 5.74) is -0.165. The van der Waals surface area contributed by atoms with Crippen LogP contribution in [0, 0.1) is 16.7 Å². The quantitative estimate of drug-likeness (QED) is 0.749. The van der Waals surface area contributed by atoms with Crippen LogP contribution in [0.3, 0.4) is 0 Å². The first-order chi connectivity index (χ1) is 12.4. The normalized spacial score (nSPS) is 26.4. The van der Waals surface area contributed by atoms with Crippen molar-refractivity contribution < 1.29 is 22.7 Å². The van der Waals surface area contributed by atoms with Crippen LogP contribution < -0.4 is 15.0 Å². The molecule has 1 spiro atoms. The van der Waals surface area contributed by atoms with Crippen molar-refractivity contribution in [3.05, 3.63) is 24.3 Å². The molecule has 27 heavy (non-hydrogen) atoms. The lowest BCUT2D eigenvalue weighted by atomic mass is 9.67. The van der Waals surface area contributed by atoms with Crippen molar-refractivity contribution in [2.45, 2.75) is 58.4 Å². The van der Waals surface area contributed by atoms with Crippen molar-refractivity contribution in [2.24, 2.45) is 11.3 Å². The zero-order chi connectivity index (χ0) is 20.0. The molecule has 2 fully saturated rings. The minimum atomic E-state index is -4.77. The number of hydrogen-bond donors (Lipinski definition) is 2. The van der Waals surface area contributed by atoms with Crippen molar-refractivity contribution in [3.8, 4) is 5.75 Å². The van der Waals surface area contributed by atoms with E-state index in [1.165, 1.54) is 17.0 Å². The Kier molecular flexibility index (Phi) is 4.64. The molecule has 0 atom stereocenters. The Morgan fingerprint density at radius 3 is 2.19 bits per heavy atom. The van der Waals surface area contributed by atoms with E-state index in [9.17, 15) is 18.0 Å². The van der Waals surface area contributed by atoms with Crippen LogP contribution in [0.25, 0.3) is 0 Å². The van der Waals surface area contributed by atoms with Gasteiger partial charge in [0.05, 0.1) is 11.2 Å². The predicted octanol–water partition coefficient (Wildman–Crippen LogP) is 5.07. The fraction of sp³-hybridized carbons (Fsp3) is 0.579. The van der Waals surface area contributed by atoms with Crippen molar-refractivity contribution in [1.82, 2.24) is 5.32 Å². The molecule has 148 valence electrons. The lowest BCUT2D eigenvalue weighted by Crippen LogP contribution is -2.50. The van der Waals surface area contributed by atoms with Gasteiger partial charge >= 0.3 is 12.4 Å². The molecular formula is C19H24F3N3O2. The Bertz CT molecular complexity index is 730. The summed E-state index contributed by atoms with van der Waals surface area (Å²) < 4.78 is 40.7. The van der Waals surface area contributed by atoms with Gasteiger partial charge in [-0.3, -0.25) is 5.41 Å².